The number of amides is 2. The lowest BCUT2D eigenvalue weighted by Crippen LogP contribution is -2.40. The van der Waals surface area contributed by atoms with Crippen molar-refractivity contribution in [2.45, 2.75) is 38.6 Å². The molecule has 0 aliphatic heterocycles. The molecular formula is C24H23Cl3N4O2. The van der Waals surface area contributed by atoms with Gasteiger partial charge in [0.15, 0.2) is 5.69 Å². The van der Waals surface area contributed by atoms with Crippen LogP contribution in [0, 0.1) is 12.8 Å². The molecule has 9 heteroatoms. The molecule has 0 bridgehead atoms. The summed E-state index contributed by atoms with van der Waals surface area (Å²) in [5.41, 5.74) is 8.63. The highest BCUT2D eigenvalue weighted by Gasteiger charge is 2.28. The average molecular weight is 506 g/mol. The first kappa shape index (κ1) is 23.6. The number of aromatic nitrogens is 2. The normalized spacial score (nSPS) is 18.2. The molecule has 2 amide bonds. The van der Waals surface area contributed by atoms with Gasteiger partial charge in [0, 0.05) is 33.1 Å². The molecule has 1 aliphatic carbocycles. The average Bonchev–Trinajstić information content (AvgIpc) is 3.11. The number of hydrogen-bond donors (Lipinski definition) is 2. The summed E-state index contributed by atoms with van der Waals surface area (Å²) in [5, 5.41) is 9.24. The summed E-state index contributed by atoms with van der Waals surface area (Å²) in [6, 6.07) is 12.4. The summed E-state index contributed by atoms with van der Waals surface area (Å²) in [7, 11) is 0. The van der Waals surface area contributed by atoms with Crippen LogP contribution >= 0.6 is 34.8 Å². The van der Waals surface area contributed by atoms with Crippen molar-refractivity contribution in [2.24, 2.45) is 11.7 Å². The molecule has 0 spiro atoms. The highest BCUT2D eigenvalue weighted by atomic mass is 35.5. The lowest BCUT2D eigenvalue weighted by molar-refractivity contribution is -0.122. The number of carbonyl (C=O) groups is 2. The molecular weight excluding hydrogens is 483 g/mol. The third-order valence-electron chi connectivity index (χ3n) is 6.06. The monoisotopic (exact) mass is 504 g/mol. The maximum Gasteiger partial charge on any atom is 0.272 e. The summed E-state index contributed by atoms with van der Waals surface area (Å²) < 4.78 is 1.66. The summed E-state index contributed by atoms with van der Waals surface area (Å²) in [4.78, 5) is 24.6. The Hall–Kier alpha value is -2.54. The first-order chi connectivity index (χ1) is 15.7. The van der Waals surface area contributed by atoms with Gasteiger partial charge in [0.2, 0.25) is 5.91 Å². The Morgan fingerprint density at radius 2 is 1.64 bits per heavy atom. The fourth-order valence-electron chi connectivity index (χ4n) is 4.26. The minimum Gasteiger partial charge on any atom is -0.369 e. The van der Waals surface area contributed by atoms with Gasteiger partial charge in [-0.3, -0.25) is 9.59 Å². The standard InChI is InChI=1S/C24H23Cl3N4O2/c1-13-21(24(33)29-18-9-4-15(5-10-18)23(28)32)30-31(20-11-8-17(26)12-19(20)27)22(13)14-2-6-16(25)7-3-14/h2-3,6-8,11-12,15,18H,4-5,9-10H2,1H3,(H2,28,32)(H,29,33). The molecule has 0 atom stereocenters. The van der Waals surface area contributed by atoms with Crippen LogP contribution in [0.15, 0.2) is 42.5 Å². The molecule has 3 N–H and O–H groups in total. The first-order valence-corrected chi connectivity index (χ1v) is 11.8. The van der Waals surface area contributed by atoms with Gasteiger partial charge < -0.3 is 11.1 Å². The van der Waals surface area contributed by atoms with Crippen LogP contribution in [0.4, 0.5) is 0 Å². The first-order valence-electron chi connectivity index (χ1n) is 10.7. The van der Waals surface area contributed by atoms with Crippen molar-refractivity contribution < 1.29 is 9.59 Å². The zero-order chi connectivity index (χ0) is 23.7. The number of benzene rings is 2. The Kier molecular flexibility index (Phi) is 6.98. The van der Waals surface area contributed by atoms with Crippen LogP contribution in [0.2, 0.25) is 15.1 Å². The zero-order valence-electron chi connectivity index (χ0n) is 17.9. The summed E-state index contributed by atoms with van der Waals surface area (Å²) in [6.07, 6.45) is 2.74. The van der Waals surface area contributed by atoms with Crippen LogP contribution in [0.5, 0.6) is 0 Å². The van der Waals surface area contributed by atoms with Crippen molar-refractivity contribution >= 4 is 46.6 Å². The minimum absolute atomic E-state index is 0.0317. The molecule has 33 heavy (non-hydrogen) atoms. The molecule has 2 aromatic carbocycles. The third kappa shape index (κ3) is 5.03. The fourth-order valence-corrected chi connectivity index (χ4v) is 4.88. The quantitative estimate of drug-likeness (QED) is 0.474. The van der Waals surface area contributed by atoms with Crippen LogP contribution in [-0.2, 0) is 4.79 Å². The van der Waals surface area contributed by atoms with Crippen molar-refractivity contribution in [3.63, 3.8) is 0 Å². The van der Waals surface area contributed by atoms with E-state index in [-0.39, 0.29) is 23.8 Å². The molecule has 1 saturated carbocycles. The molecule has 1 aliphatic rings. The summed E-state index contributed by atoms with van der Waals surface area (Å²) in [6.45, 7) is 1.86. The lowest BCUT2D eigenvalue weighted by atomic mass is 9.85. The second-order valence-corrected chi connectivity index (χ2v) is 9.54. The molecule has 0 radical (unpaired) electrons. The number of nitrogens with one attached hydrogen (secondary N) is 1. The molecule has 0 unspecified atom stereocenters. The molecule has 0 saturated heterocycles. The molecule has 6 nitrogen and oxygen atoms in total. The van der Waals surface area contributed by atoms with Gasteiger partial charge in [-0.25, -0.2) is 4.68 Å². The highest BCUT2D eigenvalue weighted by molar-refractivity contribution is 6.35. The predicted octanol–water partition coefficient (Wildman–Crippen LogP) is 5.58. The van der Waals surface area contributed by atoms with Crippen LogP contribution in [-0.4, -0.2) is 27.6 Å². The number of hydrogen-bond acceptors (Lipinski definition) is 3. The van der Waals surface area contributed by atoms with Gasteiger partial charge in [-0.15, -0.1) is 0 Å². The molecule has 4 rings (SSSR count). The van der Waals surface area contributed by atoms with Crippen molar-refractivity contribution in [3.8, 4) is 16.9 Å². The number of primary amides is 1. The smallest absolute Gasteiger partial charge is 0.272 e. The van der Waals surface area contributed by atoms with Crippen molar-refractivity contribution in [1.82, 2.24) is 15.1 Å². The second kappa shape index (κ2) is 9.75. The second-order valence-electron chi connectivity index (χ2n) is 8.26. The maximum atomic E-state index is 13.2. The van der Waals surface area contributed by atoms with Gasteiger partial charge in [-0.1, -0.05) is 46.9 Å². The van der Waals surface area contributed by atoms with Crippen LogP contribution < -0.4 is 11.1 Å². The van der Waals surface area contributed by atoms with Gasteiger partial charge in [-0.05, 0) is 62.9 Å². The topological polar surface area (TPSA) is 90.0 Å². The molecule has 1 heterocycles. The number of rotatable bonds is 5. The molecule has 1 fully saturated rings. The Bertz CT molecular complexity index is 1200. The van der Waals surface area contributed by atoms with E-state index in [0.717, 1.165) is 11.3 Å². The Morgan fingerprint density at radius 1 is 1.00 bits per heavy atom. The Labute approximate surface area is 207 Å². The van der Waals surface area contributed by atoms with Gasteiger partial charge in [0.25, 0.3) is 5.91 Å². The zero-order valence-corrected chi connectivity index (χ0v) is 20.2. The molecule has 1 aromatic heterocycles. The maximum absolute atomic E-state index is 13.2. The number of halogens is 3. The van der Waals surface area contributed by atoms with Gasteiger partial charge in [0.1, 0.15) is 0 Å². The molecule has 172 valence electrons. The van der Waals surface area contributed by atoms with E-state index in [9.17, 15) is 9.59 Å². The van der Waals surface area contributed by atoms with Gasteiger partial charge in [0.05, 0.1) is 16.4 Å². The summed E-state index contributed by atoms with van der Waals surface area (Å²) >= 11 is 18.6. The third-order valence-corrected chi connectivity index (χ3v) is 6.85. The van der Waals surface area contributed by atoms with E-state index in [1.54, 1.807) is 35.0 Å². The Morgan fingerprint density at radius 3 is 2.24 bits per heavy atom. The summed E-state index contributed by atoms with van der Waals surface area (Å²) in [5.74, 6) is -0.668. The van der Waals surface area contributed by atoms with E-state index in [4.69, 9.17) is 40.5 Å². The van der Waals surface area contributed by atoms with E-state index in [1.165, 1.54) is 0 Å². The Balaban J connectivity index is 1.70. The van der Waals surface area contributed by atoms with Crippen molar-refractivity contribution in [1.29, 1.82) is 0 Å². The number of nitrogens with two attached hydrogens (primary N) is 1. The van der Waals surface area contributed by atoms with Crippen LogP contribution in [0.1, 0.15) is 41.7 Å². The molecule has 3 aromatic rings. The predicted molar refractivity (Wildman–Crippen MR) is 131 cm³/mol. The minimum atomic E-state index is -0.276. The van der Waals surface area contributed by atoms with Crippen LogP contribution in [0.25, 0.3) is 16.9 Å². The van der Waals surface area contributed by atoms with Crippen molar-refractivity contribution in [3.05, 3.63) is 68.8 Å². The highest BCUT2D eigenvalue weighted by Crippen LogP contribution is 2.33. The van der Waals surface area contributed by atoms with Gasteiger partial charge >= 0.3 is 0 Å². The van der Waals surface area contributed by atoms with Crippen LogP contribution in [0.3, 0.4) is 0 Å². The van der Waals surface area contributed by atoms with Gasteiger partial charge in [-0.2, -0.15) is 5.10 Å². The largest absolute Gasteiger partial charge is 0.369 e. The van der Waals surface area contributed by atoms with E-state index < -0.39 is 0 Å². The van der Waals surface area contributed by atoms with E-state index in [1.807, 2.05) is 19.1 Å². The van der Waals surface area contributed by atoms with Crippen molar-refractivity contribution in [2.75, 3.05) is 0 Å². The number of carbonyl (C=O) groups excluding carboxylic acids is 2. The fraction of sp³-hybridized carbons (Fsp3) is 0.292. The SMILES string of the molecule is Cc1c(C(=O)NC2CCC(C(N)=O)CC2)nn(-c2ccc(Cl)cc2Cl)c1-c1ccc(Cl)cc1. The number of nitrogens with zero attached hydrogens (tertiary/aromatic N) is 2. The lowest BCUT2D eigenvalue weighted by Gasteiger charge is -2.27. The van der Waals surface area contributed by atoms with E-state index >= 15 is 0 Å². The van der Waals surface area contributed by atoms with E-state index in [2.05, 4.69) is 10.4 Å². The van der Waals surface area contributed by atoms with E-state index in [0.29, 0.717) is 57.7 Å².